The first-order valence-electron chi connectivity index (χ1n) is 9.22. The van der Waals surface area contributed by atoms with Crippen molar-refractivity contribution in [1.29, 1.82) is 0 Å². The van der Waals surface area contributed by atoms with Crippen LogP contribution in [0.1, 0.15) is 27.2 Å². The highest BCUT2D eigenvalue weighted by Crippen LogP contribution is 2.33. The van der Waals surface area contributed by atoms with Crippen LogP contribution in [0.3, 0.4) is 0 Å². The molecule has 1 aliphatic rings. The van der Waals surface area contributed by atoms with E-state index in [4.69, 9.17) is 24.7 Å². The van der Waals surface area contributed by atoms with E-state index in [-0.39, 0.29) is 13.0 Å². The highest BCUT2D eigenvalue weighted by atomic mass is 16.6. The molecule has 0 saturated carbocycles. The number of carbonyl (C=O) groups excluding carboxylic acids is 3. The van der Waals surface area contributed by atoms with Crippen LogP contribution in [0.4, 0.5) is 10.5 Å². The molecule has 160 valence electrons. The van der Waals surface area contributed by atoms with E-state index in [9.17, 15) is 14.4 Å². The fraction of sp³-hybridized carbons (Fsp3) is 0.550. The number of methoxy groups -OCH3 is 2. The molecule has 0 aromatic heterocycles. The number of nitrogens with zero attached hydrogens (tertiary/aromatic N) is 1. The Bertz CT molecular complexity index is 742. The van der Waals surface area contributed by atoms with Gasteiger partial charge < -0.3 is 24.7 Å². The summed E-state index contributed by atoms with van der Waals surface area (Å²) in [6, 6.07) is 5.64. The van der Waals surface area contributed by atoms with Gasteiger partial charge in [-0.1, -0.05) is 0 Å². The number of esters is 2. The van der Waals surface area contributed by atoms with Gasteiger partial charge in [-0.25, -0.2) is 9.59 Å². The molecule has 0 aliphatic carbocycles. The molecule has 3 atom stereocenters. The maximum atomic E-state index is 12.7. The number of ether oxygens (including phenoxy) is 4. The molecule has 1 fully saturated rings. The number of hydrogen-bond donors (Lipinski definition) is 1. The third-order valence-electron chi connectivity index (χ3n) is 4.46. The minimum atomic E-state index is -1.05. The molecule has 1 saturated heterocycles. The van der Waals surface area contributed by atoms with Gasteiger partial charge in [-0.15, -0.1) is 0 Å². The third kappa shape index (κ3) is 5.75. The normalized spacial score (nSPS) is 21.4. The molecule has 1 aromatic carbocycles. The molecule has 0 spiro atoms. The standard InChI is InChI=1S/C20H28N2O7/c1-20(2,3)29-19(25)22-11-15(28-13-8-6-12(21)7-9-13)14(10-16(23)26-4)17(22)18(24)27-5/h6-9,14-15,17H,10-11,21H2,1-5H3/t14-,15+,17-/m0/s1. The summed E-state index contributed by atoms with van der Waals surface area (Å²) < 4.78 is 21.1. The van der Waals surface area contributed by atoms with E-state index in [1.807, 2.05) is 0 Å². The number of likely N-dealkylation sites (tertiary alicyclic amines) is 1. The molecule has 2 rings (SSSR count). The van der Waals surface area contributed by atoms with E-state index in [1.165, 1.54) is 19.1 Å². The summed E-state index contributed by atoms with van der Waals surface area (Å²) in [7, 11) is 2.48. The van der Waals surface area contributed by atoms with Crippen molar-refractivity contribution in [3.63, 3.8) is 0 Å². The Labute approximate surface area is 170 Å². The highest BCUT2D eigenvalue weighted by Gasteiger charge is 2.51. The molecule has 1 aromatic rings. The average Bonchev–Trinajstić information content (AvgIpc) is 2.99. The predicted molar refractivity (Wildman–Crippen MR) is 104 cm³/mol. The summed E-state index contributed by atoms with van der Waals surface area (Å²) in [4.78, 5) is 38.5. The summed E-state index contributed by atoms with van der Waals surface area (Å²) in [5.41, 5.74) is 5.51. The maximum Gasteiger partial charge on any atom is 0.411 e. The van der Waals surface area contributed by atoms with Crippen LogP contribution >= 0.6 is 0 Å². The van der Waals surface area contributed by atoms with Gasteiger partial charge in [0.15, 0.2) is 0 Å². The van der Waals surface area contributed by atoms with Crippen molar-refractivity contribution in [2.45, 2.75) is 44.9 Å². The molecule has 0 bridgehead atoms. The molecule has 29 heavy (non-hydrogen) atoms. The molecule has 0 radical (unpaired) electrons. The molecule has 0 unspecified atom stereocenters. The SMILES string of the molecule is COC(=O)C[C@@H]1[C@@H](C(=O)OC)N(C(=O)OC(C)(C)C)C[C@H]1Oc1ccc(N)cc1. The van der Waals surface area contributed by atoms with Gasteiger partial charge in [0, 0.05) is 11.6 Å². The lowest BCUT2D eigenvalue weighted by molar-refractivity contribution is -0.149. The van der Waals surface area contributed by atoms with Crippen molar-refractivity contribution >= 4 is 23.7 Å². The minimum Gasteiger partial charge on any atom is -0.488 e. The van der Waals surface area contributed by atoms with Crippen LogP contribution in [0, 0.1) is 5.92 Å². The van der Waals surface area contributed by atoms with Crippen molar-refractivity contribution < 1.29 is 33.3 Å². The van der Waals surface area contributed by atoms with Crippen molar-refractivity contribution in [3.05, 3.63) is 24.3 Å². The first-order valence-corrected chi connectivity index (χ1v) is 9.22. The Kier molecular flexibility index (Phi) is 6.94. The van der Waals surface area contributed by atoms with Crippen molar-refractivity contribution in [2.24, 2.45) is 5.92 Å². The fourth-order valence-electron chi connectivity index (χ4n) is 3.17. The molecule has 2 N–H and O–H groups in total. The van der Waals surface area contributed by atoms with Crippen molar-refractivity contribution in [2.75, 3.05) is 26.5 Å². The quantitative estimate of drug-likeness (QED) is 0.446. The second kappa shape index (κ2) is 9.02. The lowest BCUT2D eigenvalue weighted by Crippen LogP contribution is -2.46. The van der Waals surface area contributed by atoms with Gasteiger partial charge >= 0.3 is 18.0 Å². The molecule has 9 heteroatoms. The Morgan fingerprint density at radius 1 is 1.10 bits per heavy atom. The molecular formula is C20H28N2O7. The van der Waals surface area contributed by atoms with Gasteiger partial charge in [0.25, 0.3) is 0 Å². The van der Waals surface area contributed by atoms with Crippen LogP contribution in [0.25, 0.3) is 0 Å². The van der Waals surface area contributed by atoms with E-state index in [0.717, 1.165) is 0 Å². The van der Waals surface area contributed by atoms with Crippen molar-refractivity contribution in [3.8, 4) is 5.75 Å². The summed E-state index contributed by atoms with van der Waals surface area (Å²) in [6.45, 7) is 5.22. The number of nitrogen functional groups attached to an aromatic ring is 1. The first kappa shape index (κ1) is 22.3. The Morgan fingerprint density at radius 3 is 2.24 bits per heavy atom. The number of benzene rings is 1. The zero-order chi connectivity index (χ0) is 21.8. The van der Waals surface area contributed by atoms with E-state index in [1.54, 1.807) is 45.0 Å². The summed E-state index contributed by atoms with van der Waals surface area (Å²) in [5, 5.41) is 0. The maximum absolute atomic E-state index is 12.7. The van der Waals surface area contributed by atoms with E-state index < -0.39 is 41.7 Å². The predicted octanol–water partition coefficient (Wildman–Crippen LogP) is 1.99. The smallest absolute Gasteiger partial charge is 0.411 e. The van der Waals surface area contributed by atoms with Gasteiger partial charge in [-0.3, -0.25) is 9.69 Å². The first-order chi connectivity index (χ1) is 13.6. The van der Waals surface area contributed by atoms with Crippen LogP contribution in [0.2, 0.25) is 0 Å². The largest absolute Gasteiger partial charge is 0.488 e. The number of carbonyl (C=O) groups is 3. The lowest BCUT2D eigenvalue weighted by atomic mass is 9.94. The van der Waals surface area contributed by atoms with Crippen molar-refractivity contribution in [1.82, 2.24) is 4.90 Å². The zero-order valence-corrected chi connectivity index (χ0v) is 17.3. The number of rotatable bonds is 5. The lowest BCUT2D eigenvalue weighted by Gasteiger charge is -2.28. The number of nitrogens with two attached hydrogens (primary N) is 1. The average molecular weight is 408 g/mol. The number of anilines is 1. The van der Waals surface area contributed by atoms with Crippen LogP contribution in [-0.4, -0.2) is 61.4 Å². The Hall–Kier alpha value is -2.97. The van der Waals surface area contributed by atoms with Gasteiger partial charge in [-0.05, 0) is 45.0 Å². The van der Waals surface area contributed by atoms with Crippen LogP contribution in [0.15, 0.2) is 24.3 Å². The van der Waals surface area contributed by atoms with Gasteiger partial charge in [0.1, 0.15) is 23.5 Å². The Balaban J connectivity index is 2.35. The zero-order valence-electron chi connectivity index (χ0n) is 17.3. The summed E-state index contributed by atoms with van der Waals surface area (Å²) >= 11 is 0. The Morgan fingerprint density at radius 2 is 1.72 bits per heavy atom. The summed E-state index contributed by atoms with van der Waals surface area (Å²) in [5.74, 6) is -1.37. The monoisotopic (exact) mass is 408 g/mol. The molecule has 1 aliphatic heterocycles. The van der Waals surface area contributed by atoms with Gasteiger partial charge in [0.2, 0.25) is 0 Å². The highest BCUT2D eigenvalue weighted by molar-refractivity contribution is 5.84. The van der Waals surface area contributed by atoms with E-state index in [0.29, 0.717) is 11.4 Å². The van der Waals surface area contributed by atoms with Gasteiger partial charge in [0.05, 0.1) is 27.2 Å². The molecule has 9 nitrogen and oxygen atoms in total. The van der Waals surface area contributed by atoms with E-state index >= 15 is 0 Å². The number of hydrogen-bond acceptors (Lipinski definition) is 8. The third-order valence-corrected chi connectivity index (χ3v) is 4.46. The summed E-state index contributed by atoms with van der Waals surface area (Å²) in [6.07, 6.45) is -1.48. The fourth-order valence-corrected chi connectivity index (χ4v) is 3.17. The molecular weight excluding hydrogens is 380 g/mol. The molecule has 1 amide bonds. The van der Waals surface area contributed by atoms with Crippen LogP contribution in [0.5, 0.6) is 5.75 Å². The van der Waals surface area contributed by atoms with Gasteiger partial charge in [-0.2, -0.15) is 0 Å². The minimum absolute atomic E-state index is 0.0424. The number of amides is 1. The van der Waals surface area contributed by atoms with Crippen LogP contribution in [-0.2, 0) is 23.8 Å². The topological polar surface area (TPSA) is 117 Å². The van der Waals surface area contributed by atoms with Crippen LogP contribution < -0.4 is 10.5 Å². The second-order valence-corrected chi connectivity index (χ2v) is 7.77. The van der Waals surface area contributed by atoms with E-state index in [2.05, 4.69) is 0 Å². The molecule has 1 heterocycles. The second-order valence-electron chi connectivity index (χ2n) is 7.77.